The van der Waals surface area contributed by atoms with Crippen LogP contribution in [0.1, 0.15) is 36.0 Å². The van der Waals surface area contributed by atoms with E-state index < -0.39 is 0 Å². The molecule has 1 aliphatic heterocycles. The van der Waals surface area contributed by atoms with E-state index in [1.165, 1.54) is 16.9 Å². The van der Waals surface area contributed by atoms with E-state index >= 15 is 0 Å². The summed E-state index contributed by atoms with van der Waals surface area (Å²) in [4.78, 5) is 32.1. The van der Waals surface area contributed by atoms with E-state index in [1.54, 1.807) is 24.2 Å². The van der Waals surface area contributed by atoms with E-state index in [9.17, 15) is 9.59 Å². The van der Waals surface area contributed by atoms with E-state index in [1.807, 2.05) is 38.1 Å². The van der Waals surface area contributed by atoms with Crippen LogP contribution < -0.4 is 15.5 Å². The summed E-state index contributed by atoms with van der Waals surface area (Å²) in [7, 11) is 1.57. The summed E-state index contributed by atoms with van der Waals surface area (Å²) in [5.74, 6) is -0.231. The lowest BCUT2D eigenvalue weighted by atomic mass is 10.1. The summed E-state index contributed by atoms with van der Waals surface area (Å²) in [6.07, 6.45) is 2.60. The average Bonchev–Trinajstić information content (AvgIpc) is 3.09. The van der Waals surface area contributed by atoms with Crippen molar-refractivity contribution in [2.75, 3.05) is 17.3 Å². The number of aromatic nitrogens is 1. The molecule has 2 aromatic heterocycles. The van der Waals surface area contributed by atoms with Gasteiger partial charge in [-0.3, -0.25) is 9.69 Å². The first kappa shape index (κ1) is 21.4. The first-order chi connectivity index (χ1) is 13.1. The second kappa shape index (κ2) is 8.88. The van der Waals surface area contributed by atoms with Gasteiger partial charge in [-0.2, -0.15) is 0 Å². The van der Waals surface area contributed by atoms with Crippen LogP contribution in [-0.4, -0.2) is 32.4 Å². The predicted molar refractivity (Wildman–Crippen MR) is 117 cm³/mol. The minimum absolute atomic E-state index is 0. The Morgan fingerprint density at radius 1 is 1.21 bits per heavy atom. The van der Waals surface area contributed by atoms with Crippen LogP contribution in [-0.2, 0) is 6.42 Å². The number of urea groups is 1. The third-order valence-corrected chi connectivity index (χ3v) is 5.38. The van der Waals surface area contributed by atoms with Crippen LogP contribution in [0.15, 0.2) is 36.5 Å². The van der Waals surface area contributed by atoms with E-state index in [-0.39, 0.29) is 20.4 Å². The molecule has 0 saturated carbocycles. The van der Waals surface area contributed by atoms with Gasteiger partial charge in [-0.25, -0.2) is 9.78 Å². The molecular weight excluding hydrogens is 371 g/mol. The van der Waals surface area contributed by atoms with Crippen molar-refractivity contribution in [2.45, 2.75) is 27.2 Å². The Balaban J connectivity index is 0.000000906. The summed E-state index contributed by atoms with van der Waals surface area (Å²) < 4.78 is 0. The van der Waals surface area contributed by atoms with Gasteiger partial charge in [0.2, 0.25) is 0 Å². The number of amides is 3. The monoisotopic (exact) mass is 393 g/mol. The molecule has 3 amide bonds. The summed E-state index contributed by atoms with van der Waals surface area (Å²) >= 11 is 1.28. The smallest absolute Gasteiger partial charge is 0.331 e. The molecular formula is C20H22BN4O2S. The molecule has 0 unspecified atom stereocenters. The maximum atomic E-state index is 12.8. The topological polar surface area (TPSA) is 74.3 Å². The fourth-order valence-corrected chi connectivity index (χ4v) is 4.06. The van der Waals surface area contributed by atoms with Crippen LogP contribution in [0.3, 0.4) is 0 Å². The highest BCUT2D eigenvalue weighted by atomic mass is 32.1. The molecule has 8 heteroatoms. The first-order valence-electron chi connectivity index (χ1n) is 8.97. The molecule has 4 rings (SSSR count). The molecule has 0 fully saturated rings. The molecule has 3 aromatic rings. The Bertz CT molecular complexity index is 1000. The van der Waals surface area contributed by atoms with Gasteiger partial charge in [0.05, 0.1) is 22.4 Å². The molecule has 0 bridgehead atoms. The van der Waals surface area contributed by atoms with Crippen molar-refractivity contribution in [3.05, 3.63) is 47.0 Å². The van der Waals surface area contributed by atoms with Crippen LogP contribution in [0.5, 0.6) is 0 Å². The predicted octanol–water partition coefficient (Wildman–Crippen LogP) is 4.55. The second-order valence-corrected chi connectivity index (χ2v) is 6.68. The maximum absolute atomic E-state index is 12.8. The minimum atomic E-state index is -0.284. The van der Waals surface area contributed by atoms with Crippen LogP contribution in [0.4, 0.5) is 21.9 Å². The zero-order valence-electron chi connectivity index (χ0n) is 16.4. The molecule has 2 N–H and O–H groups in total. The molecule has 1 aromatic carbocycles. The SMILES string of the molecule is CC.CCc1ccc(N2C(=O)Nc3c(C(=O)NC)sc4nccc2c34)cc1.[B]. The fourth-order valence-electron chi connectivity index (χ4n) is 2.99. The van der Waals surface area contributed by atoms with Gasteiger partial charge < -0.3 is 10.6 Å². The number of carbonyl (C=O) groups is 2. The third-order valence-electron chi connectivity index (χ3n) is 4.28. The van der Waals surface area contributed by atoms with Crippen molar-refractivity contribution in [1.82, 2.24) is 10.3 Å². The number of carbonyl (C=O) groups excluding carboxylic acids is 2. The number of benzene rings is 1. The number of pyridine rings is 1. The maximum Gasteiger partial charge on any atom is 0.331 e. The fraction of sp³-hybridized carbons (Fsp3) is 0.250. The van der Waals surface area contributed by atoms with Gasteiger partial charge in [0.1, 0.15) is 9.71 Å². The van der Waals surface area contributed by atoms with Gasteiger partial charge in [-0.05, 0) is 30.2 Å². The number of nitrogens with zero attached hydrogens (tertiary/aromatic N) is 2. The van der Waals surface area contributed by atoms with Crippen LogP contribution in [0.25, 0.3) is 10.2 Å². The largest absolute Gasteiger partial charge is 0.354 e. The molecule has 1 aliphatic rings. The summed E-state index contributed by atoms with van der Waals surface area (Å²) in [5.41, 5.74) is 3.26. The third kappa shape index (κ3) is 3.47. The minimum Gasteiger partial charge on any atom is -0.354 e. The van der Waals surface area contributed by atoms with Gasteiger partial charge in [0, 0.05) is 21.7 Å². The van der Waals surface area contributed by atoms with Gasteiger partial charge >= 0.3 is 6.03 Å². The molecule has 0 saturated heterocycles. The Labute approximate surface area is 170 Å². The lowest BCUT2D eigenvalue weighted by Crippen LogP contribution is -2.34. The highest BCUT2D eigenvalue weighted by molar-refractivity contribution is 7.21. The number of hydrogen-bond acceptors (Lipinski definition) is 4. The molecule has 0 spiro atoms. The molecule has 0 aliphatic carbocycles. The van der Waals surface area contributed by atoms with E-state index in [4.69, 9.17) is 0 Å². The molecule has 3 radical (unpaired) electrons. The summed E-state index contributed by atoms with van der Waals surface area (Å²) in [6.45, 7) is 6.09. The van der Waals surface area contributed by atoms with Crippen molar-refractivity contribution in [3.63, 3.8) is 0 Å². The quantitative estimate of drug-likeness (QED) is 0.642. The van der Waals surface area contributed by atoms with E-state index in [2.05, 4.69) is 22.5 Å². The summed E-state index contributed by atoms with van der Waals surface area (Å²) in [5, 5.41) is 6.27. The van der Waals surface area contributed by atoms with E-state index in [0.29, 0.717) is 10.6 Å². The average molecular weight is 393 g/mol. The second-order valence-electron chi connectivity index (χ2n) is 5.68. The Hall–Kier alpha value is -2.87. The molecule has 6 nitrogen and oxygen atoms in total. The van der Waals surface area contributed by atoms with Crippen molar-refractivity contribution in [2.24, 2.45) is 0 Å². The highest BCUT2D eigenvalue weighted by Gasteiger charge is 2.32. The number of aryl methyl sites for hydroxylation is 1. The van der Waals surface area contributed by atoms with Gasteiger partial charge in [0.15, 0.2) is 0 Å². The highest BCUT2D eigenvalue weighted by Crippen LogP contribution is 2.45. The number of anilines is 3. The van der Waals surface area contributed by atoms with Gasteiger partial charge in [-0.1, -0.05) is 32.9 Å². The lowest BCUT2D eigenvalue weighted by Gasteiger charge is -2.28. The Morgan fingerprint density at radius 2 is 1.89 bits per heavy atom. The number of rotatable bonds is 3. The molecule has 3 heterocycles. The van der Waals surface area contributed by atoms with Gasteiger partial charge in [-0.15, -0.1) is 11.3 Å². The number of hydrogen-bond donors (Lipinski definition) is 2. The Kier molecular flexibility index (Phi) is 6.80. The van der Waals surface area contributed by atoms with Crippen molar-refractivity contribution >= 4 is 59.0 Å². The Morgan fingerprint density at radius 3 is 2.50 bits per heavy atom. The number of thiophene rings is 1. The zero-order chi connectivity index (χ0) is 19.6. The normalized spacial score (nSPS) is 11.9. The summed E-state index contributed by atoms with van der Waals surface area (Å²) in [6, 6.07) is 9.41. The number of nitrogens with one attached hydrogen (secondary N) is 2. The van der Waals surface area contributed by atoms with Crippen molar-refractivity contribution in [3.8, 4) is 0 Å². The molecule has 28 heavy (non-hydrogen) atoms. The standard InChI is InChI=1S/C18H16N4O2S.C2H6.B/c1-3-10-4-6-11(7-5-10)22-12-8-9-20-17-13(12)14(21-18(22)24)15(25-17)16(23)19-2;1-2;/h4-9H,3H2,1-2H3,(H,19,23)(H,21,24);1-2H3;. The lowest BCUT2D eigenvalue weighted by molar-refractivity contribution is 0.0968. The van der Waals surface area contributed by atoms with Gasteiger partial charge in [0.25, 0.3) is 5.91 Å². The van der Waals surface area contributed by atoms with Crippen LogP contribution in [0, 0.1) is 0 Å². The van der Waals surface area contributed by atoms with E-state index in [0.717, 1.165) is 28.0 Å². The molecule has 0 atom stereocenters. The van der Waals surface area contributed by atoms with Crippen molar-refractivity contribution in [1.29, 1.82) is 0 Å². The zero-order valence-corrected chi connectivity index (χ0v) is 17.2. The first-order valence-corrected chi connectivity index (χ1v) is 9.79. The molecule has 143 valence electrons. The van der Waals surface area contributed by atoms with Crippen LogP contribution in [0.2, 0.25) is 0 Å². The van der Waals surface area contributed by atoms with Crippen LogP contribution >= 0.6 is 11.3 Å². The van der Waals surface area contributed by atoms with Crippen molar-refractivity contribution < 1.29 is 9.59 Å².